The van der Waals surface area contributed by atoms with Gasteiger partial charge in [-0.1, -0.05) is 50.3 Å². The number of aromatic nitrogens is 1. The molecule has 0 amide bonds. The highest BCUT2D eigenvalue weighted by atomic mass is 32.1. The summed E-state index contributed by atoms with van der Waals surface area (Å²) in [5.74, 6) is 1.53. The fourth-order valence-electron chi connectivity index (χ4n) is 4.23. The second-order valence-corrected chi connectivity index (χ2v) is 8.92. The molecule has 0 saturated heterocycles. The van der Waals surface area contributed by atoms with Gasteiger partial charge in [0, 0.05) is 11.9 Å². The molecule has 2 bridgehead atoms. The zero-order valence-electron chi connectivity index (χ0n) is 15.9. The molecular weight excluding hydrogens is 338 g/mol. The van der Waals surface area contributed by atoms with E-state index in [1.807, 2.05) is 4.68 Å². The number of rotatable bonds is 5. The average Bonchev–Trinajstić information content (AvgIpc) is 3.00. The minimum Gasteiger partial charge on any atom is -0.257 e. The number of hydrogen-bond donors (Lipinski definition) is 0. The monoisotopic (exact) mass is 365 g/mol. The number of aryl methyl sites for hydroxylation is 1. The van der Waals surface area contributed by atoms with Gasteiger partial charge in [0.1, 0.15) is 0 Å². The molecule has 26 heavy (non-hydrogen) atoms. The summed E-state index contributed by atoms with van der Waals surface area (Å²) in [7, 11) is 0. The molecule has 3 aliphatic carbocycles. The van der Waals surface area contributed by atoms with Gasteiger partial charge in [-0.25, -0.2) is 4.68 Å². The Hall–Kier alpha value is -1.94. The Kier molecular flexibility index (Phi) is 4.70. The molecule has 4 heteroatoms. The normalized spacial score (nSPS) is 24.6. The predicted octanol–water partition coefficient (Wildman–Crippen LogP) is 4.83. The van der Waals surface area contributed by atoms with E-state index in [2.05, 4.69) is 68.8 Å². The van der Waals surface area contributed by atoms with E-state index in [1.165, 1.54) is 24.0 Å². The molecule has 5 rings (SSSR count). The molecule has 2 unspecified atom stereocenters. The van der Waals surface area contributed by atoms with E-state index in [0.717, 1.165) is 29.4 Å². The lowest BCUT2D eigenvalue weighted by Crippen LogP contribution is -2.48. The van der Waals surface area contributed by atoms with E-state index in [4.69, 9.17) is 10.1 Å². The number of thiazole rings is 1. The molecule has 2 atom stereocenters. The molecule has 0 N–H and O–H groups in total. The highest BCUT2D eigenvalue weighted by Crippen LogP contribution is 2.58. The van der Waals surface area contributed by atoms with Crippen LogP contribution in [-0.4, -0.2) is 17.4 Å². The van der Waals surface area contributed by atoms with E-state index in [9.17, 15) is 0 Å². The van der Waals surface area contributed by atoms with Gasteiger partial charge in [0.25, 0.3) is 0 Å². The molecule has 3 aliphatic rings. The van der Waals surface area contributed by atoms with Crippen molar-refractivity contribution >= 4 is 17.6 Å². The lowest BCUT2D eigenvalue weighted by atomic mass is 9.49. The van der Waals surface area contributed by atoms with Crippen molar-refractivity contribution in [3.05, 3.63) is 63.4 Å². The lowest BCUT2D eigenvalue weighted by molar-refractivity contribution is -0.00127. The van der Waals surface area contributed by atoms with E-state index in [1.54, 1.807) is 11.3 Å². The Balaban J connectivity index is 1.50. The van der Waals surface area contributed by atoms with Crippen LogP contribution >= 0.6 is 11.3 Å². The summed E-state index contributed by atoms with van der Waals surface area (Å²) in [6, 6.07) is 10.5. The molecule has 2 aromatic rings. The fourth-order valence-corrected chi connectivity index (χ4v) is 5.06. The van der Waals surface area contributed by atoms with Crippen molar-refractivity contribution in [1.29, 1.82) is 0 Å². The van der Waals surface area contributed by atoms with Gasteiger partial charge in [-0.2, -0.15) is 5.10 Å². The summed E-state index contributed by atoms with van der Waals surface area (Å²) in [6.45, 7) is 7.70. The maximum absolute atomic E-state index is 4.80. The number of fused-ring (bicyclic) bond motifs is 1. The molecule has 136 valence electrons. The van der Waals surface area contributed by atoms with Gasteiger partial charge >= 0.3 is 0 Å². The third kappa shape index (κ3) is 3.23. The number of hydrogen-bond acceptors (Lipinski definition) is 3. The van der Waals surface area contributed by atoms with Gasteiger partial charge in [-0.05, 0) is 54.6 Å². The van der Waals surface area contributed by atoms with Gasteiger partial charge < -0.3 is 0 Å². The van der Waals surface area contributed by atoms with Gasteiger partial charge in [-0.3, -0.25) is 4.99 Å². The smallest absolute Gasteiger partial charge is 0.205 e. The lowest BCUT2D eigenvalue weighted by Gasteiger charge is -2.55. The summed E-state index contributed by atoms with van der Waals surface area (Å²) >= 11 is 1.67. The van der Waals surface area contributed by atoms with Gasteiger partial charge in [0.2, 0.25) is 4.80 Å². The van der Waals surface area contributed by atoms with Crippen molar-refractivity contribution in [2.45, 2.75) is 40.0 Å². The second-order valence-electron chi connectivity index (χ2n) is 8.08. The van der Waals surface area contributed by atoms with Crippen LogP contribution in [0.4, 0.5) is 0 Å². The zero-order chi connectivity index (χ0) is 18.1. The van der Waals surface area contributed by atoms with E-state index in [-0.39, 0.29) is 0 Å². The molecular formula is C22H27N3S. The summed E-state index contributed by atoms with van der Waals surface area (Å²) in [5, 5.41) is 6.93. The molecule has 1 aromatic carbocycles. The summed E-state index contributed by atoms with van der Waals surface area (Å²) in [4.78, 5) is 5.77. The summed E-state index contributed by atoms with van der Waals surface area (Å²) < 4.78 is 1.99. The SMILES string of the molecule is Cc1csc(=NCCc2ccccc2)n1N=CC1=CCC2CC1C2(C)C. The quantitative estimate of drug-likeness (QED) is 0.680. The van der Waals surface area contributed by atoms with Crippen molar-refractivity contribution in [3.8, 4) is 0 Å². The van der Waals surface area contributed by atoms with Crippen LogP contribution in [0.2, 0.25) is 0 Å². The summed E-state index contributed by atoms with van der Waals surface area (Å²) in [6.07, 6.45) is 7.96. The van der Waals surface area contributed by atoms with Crippen molar-refractivity contribution < 1.29 is 0 Å². The van der Waals surface area contributed by atoms with Crippen molar-refractivity contribution in [2.75, 3.05) is 6.54 Å². The van der Waals surface area contributed by atoms with Crippen molar-refractivity contribution in [2.24, 2.45) is 27.3 Å². The maximum Gasteiger partial charge on any atom is 0.205 e. The second kappa shape index (κ2) is 6.99. The minimum atomic E-state index is 0.438. The van der Waals surface area contributed by atoms with Crippen LogP contribution in [0.1, 0.15) is 37.9 Å². The molecule has 0 radical (unpaired) electrons. The predicted molar refractivity (Wildman–Crippen MR) is 110 cm³/mol. The van der Waals surface area contributed by atoms with Crippen LogP contribution in [0.5, 0.6) is 0 Å². The van der Waals surface area contributed by atoms with Crippen LogP contribution in [-0.2, 0) is 6.42 Å². The zero-order valence-corrected chi connectivity index (χ0v) is 16.7. The standard InChI is InChI=1S/C22H27N3S/c1-16-15-26-21(23-12-11-17-7-5-4-6-8-17)25(16)24-14-18-9-10-19-13-20(18)22(19,2)3/h4-9,14-15,19-20H,10-13H2,1-3H3. The number of allylic oxidation sites excluding steroid dienone is 2. The molecule has 3 nitrogen and oxygen atoms in total. The molecule has 1 aromatic heterocycles. The van der Waals surface area contributed by atoms with Crippen molar-refractivity contribution in [1.82, 2.24) is 4.68 Å². The van der Waals surface area contributed by atoms with Crippen LogP contribution in [0.15, 0.2) is 57.5 Å². The van der Waals surface area contributed by atoms with Crippen LogP contribution in [0, 0.1) is 24.2 Å². The van der Waals surface area contributed by atoms with E-state index < -0.39 is 0 Å². The van der Waals surface area contributed by atoms with Gasteiger partial charge in [0.15, 0.2) is 0 Å². The molecule has 1 saturated carbocycles. The average molecular weight is 366 g/mol. The molecule has 1 heterocycles. The molecule has 0 spiro atoms. The van der Waals surface area contributed by atoms with Crippen molar-refractivity contribution in [3.63, 3.8) is 0 Å². The summed E-state index contributed by atoms with van der Waals surface area (Å²) in [5.41, 5.74) is 4.32. The van der Waals surface area contributed by atoms with E-state index in [0.29, 0.717) is 11.3 Å². The van der Waals surface area contributed by atoms with Gasteiger partial charge in [-0.15, -0.1) is 11.3 Å². The Morgan fingerprint density at radius 2 is 2.08 bits per heavy atom. The van der Waals surface area contributed by atoms with Crippen LogP contribution in [0.25, 0.3) is 0 Å². The van der Waals surface area contributed by atoms with Crippen LogP contribution in [0.3, 0.4) is 0 Å². The Morgan fingerprint density at radius 3 is 2.81 bits per heavy atom. The largest absolute Gasteiger partial charge is 0.257 e. The molecule has 1 fully saturated rings. The van der Waals surface area contributed by atoms with Crippen LogP contribution < -0.4 is 4.80 Å². The first kappa shape index (κ1) is 17.5. The number of nitrogens with zero attached hydrogens (tertiary/aromatic N) is 3. The first-order chi connectivity index (χ1) is 12.6. The highest BCUT2D eigenvalue weighted by Gasteiger charge is 2.50. The third-order valence-electron chi connectivity index (χ3n) is 6.17. The third-order valence-corrected chi connectivity index (χ3v) is 7.15. The fraction of sp³-hybridized carbons (Fsp3) is 0.455. The number of benzene rings is 1. The highest BCUT2D eigenvalue weighted by molar-refractivity contribution is 7.07. The minimum absolute atomic E-state index is 0.438. The van der Waals surface area contributed by atoms with E-state index >= 15 is 0 Å². The first-order valence-corrected chi connectivity index (χ1v) is 10.4. The Labute approximate surface area is 159 Å². The van der Waals surface area contributed by atoms with Gasteiger partial charge in [0.05, 0.1) is 11.9 Å². The molecule has 0 aliphatic heterocycles. The topological polar surface area (TPSA) is 29.6 Å². The maximum atomic E-state index is 4.80. The Bertz CT molecular complexity index is 899. The Morgan fingerprint density at radius 1 is 1.27 bits per heavy atom. The first-order valence-electron chi connectivity index (χ1n) is 9.51.